The highest BCUT2D eigenvalue weighted by atomic mass is 35.5. The van der Waals surface area contributed by atoms with Gasteiger partial charge in [-0.2, -0.15) is 0 Å². The fourth-order valence-corrected chi connectivity index (χ4v) is 4.48. The maximum Gasteiger partial charge on any atom is 0.191 e. The first kappa shape index (κ1) is 20.6. The maximum absolute atomic E-state index is 10.2. The Morgan fingerprint density at radius 2 is 1.96 bits per heavy atom. The van der Waals surface area contributed by atoms with E-state index in [2.05, 4.69) is 28.6 Å². The average molecular weight is 410 g/mol. The largest absolute Gasteiger partial charge is 0.390 e. The van der Waals surface area contributed by atoms with Gasteiger partial charge >= 0.3 is 0 Å². The first-order valence-corrected chi connectivity index (χ1v) is 11.0. The zero-order valence-corrected chi connectivity index (χ0v) is 17.5. The third-order valence-electron chi connectivity index (χ3n) is 4.64. The second-order valence-electron chi connectivity index (χ2n) is 7.49. The average Bonchev–Trinajstić information content (AvgIpc) is 3.29. The smallest absolute Gasteiger partial charge is 0.191 e. The molecule has 1 unspecified atom stereocenters. The number of rotatable bonds is 9. The second kappa shape index (κ2) is 9.92. The summed E-state index contributed by atoms with van der Waals surface area (Å²) in [7, 11) is 0. The fourth-order valence-electron chi connectivity index (χ4n) is 3.35. The van der Waals surface area contributed by atoms with E-state index >= 15 is 0 Å². The van der Waals surface area contributed by atoms with Crippen molar-refractivity contribution in [1.29, 1.82) is 0 Å². The molecule has 1 aromatic carbocycles. The number of aliphatic hydroxyl groups is 1. The van der Waals surface area contributed by atoms with Crippen molar-refractivity contribution in [3.05, 3.63) is 29.3 Å². The lowest BCUT2D eigenvalue weighted by atomic mass is 10.2. The summed E-state index contributed by atoms with van der Waals surface area (Å²) in [6, 6.07) is 8.15. The van der Waals surface area contributed by atoms with Crippen LogP contribution < -0.4 is 0 Å². The van der Waals surface area contributed by atoms with Crippen LogP contribution in [-0.4, -0.2) is 44.9 Å². The Hall–Kier alpha value is -1.08. The van der Waals surface area contributed by atoms with Gasteiger partial charge in [0.05, 0.1) is 17.7 Å². The summed E-state index contributed by atoms with van der Waals surface area (Å²) in [6.45, 7) is 5.21. The van der Waals surface area contributed by atoms with Gasteiger partial charge in [0, 0.05) is 24.0 Å². The third kappa shape index (κ3) is 5.47. The van der Waals surface area contributed by atoms with Crippen LogP contribution in [0.4, 0.5) is 0 Å². The quantitative estimate of drug-likeness (QED) is 0.600. The van der Waals surface area contributed by atoms with Gasteiger partial charge in [0.2, 0.25) is 0 Å². The summed E-state index contributed by atoms with van der Waals surface area (Å²) >= 11 is 7.95. The minimum absolute atomic E-state index is 0.347. The number of ether oxygens (including phenoxy) is 1. The topological polar surface area (TPSA) is 60.2 Å². The molecule has 1 saturated carbocycles. The van der Waals surface area contributed by atoms with Gasteiger partial charge in [-0.1, -0.05) is 62.2 Å². The van der Waals surface area contributed by atoms with Gasteiger partial charge in [0.15, 0.2) is 11.0 Å². The van der Waals surface area contributed by atoms with Crippen LogP contribution in [0.25, 0.3) is 11.4 Å². The molecule has 1 N–H and O–H groups in total. The summed E-state index contributed by atoms with van der Waals surface area (Å²) in [5.74, 6) is 1.82. The zero-order chi connectivity index (χ0) is 19.2. The van der Waals surface area contributed by atoms with Crippen LogP contribution in [-0.2, 0) is 4.74 Å². The van der Waals surface area contributed by atoms with Crippen LogP contribution in [0.1, 0.15) is 45.6 Å². The van der Waals surface area contributed by atoms with Gasteiger partial charge in [0.1, 0.15) is 0 Å². The molecule has 148 valence electrons. The van der Waals surface area contributed by atoms with Crippen molar-refractivity contribution in [3.63, 3.8) is 0 Å². The lowest BCUT2D eigenvalue weighted by Crippen LogP contribution is -2.20. The van der Waals surface area contributed by atoms with Crippen LogP contribution in [0, 0.1) is 5.92 Å². The molecule has 1 fully saturated rings. The SMILES string of the molecule is CC(C)COCC(O)CSc1nnc(-c2ccccc2Cl)n1C1CCCC1. The number of aromatic nitrogens is 3. The second-order valence-corrected chi connectivity index (χ2v) is 8.88. The summed E-state index contributed by atoms with van der Waals surface area (Å²) < 4.78 is 7.76. The van der Waals surface area contributed by atoms with Gasteiger partial charge in [-0.15, -0.1) is 10.2 Å². The molecule has 2 aromatic rings. The Morgan fingerprint density at radius 3 is 2.67 bits per heavy atom. The van der Waals surface area contributed by atoms with Crippen LogP contribution in [0.5, 0.6) is 0 Å². The summed E-state index contributed by atoms with van der Waals surface area (Å²) in [5.41, 5.74) is 0.909. The van der Waals surface area contributed by atoms with Crippen molar-refractivity contribution in [1.82, 2.24) is 14.8 Å². The van der Waals surface area contributed by atoms with Crippen molar-refractivity contribution in [2.75, 3.05) is 19.0 Å². The highest BCUT2D eigenvalue weighted by Crippen LogP contribution is 2.38. The fraction of sp³-hybridized carbons (Fsp3) is 0.600. The molecule has 5 nitrogen and oxygen atoms in total. The Balaban J connectivity index is 1.74. The first-order valence-electron chi connectivity index (χ1n) is 9.64. The van der Waals surface area contributed by atoms with Crippen molar-refractivity contribution in [3.8, 4) is 11.4 Å². The van der Waals surface area contributed by atoms with E-state index in [1.807, 2.05) is 24.3 Å². The number of nitrogens with zero attached hydrogens (tertiary/aromatic N) is 3. The monoisotopic (exact) mass is 409 g/mol. The molecular weight excluding hydrogens is 382 g/mol. The summed E-state index contributed by atoms with van der Waals surface area (Å²) in [6.07, 6.45) is 4.18. The predicted octanol–water partition coefficient (Wildman–Crippen LogP) is 4.84. The molecule has 3 rings (SSSR count). The van der Waals surface area contributed by atoms with Crippen LogP contribution >= 0.6 is 23.4 Å². The van der Waals surface area contributed by atoms with E-state index in [1.54, 1.807) is 0 Å². The van der Waals surface area contributed by atoms with Gasteiger partial charge in [-0.3, -0.25) is 4.57 Å². The molecule has 7 heteroatoms. The van der Waals surface area contributed by atoms with Gasteiger partial charge in [0.25, 0.3) is 0 Å². The maximum atomic E-state index is 10.2. The zero-order valence-electron chi connectivity index (χ0n) is 16.0. The Labute approximate surface area is 170 Å². The molecule has 0 radical (unpaired) electrons. The van der Waals surface area contributed by atoms with E-state index in [9.17, 15) is 5.11 Å². The molecule has 1 aromatic heterocycles. The summed E-state index contributed by atoms with van der Waals surface area (Å²) in [5, 5.41) is 20.6. The molecule has 0 aliphatic heterocycles. The van der Waals surface area contributed by atoms with E-state index in [4.69, 9.17) is 16.3 Å². The molecule has 27 heavy (non-hydrogen) atoms. The predicted molar refractivity (Wildman–Crippen MR) is 110 cm³/mol. The number of hydrogen-bond donors (Lipinski definition) is 1. The Kier molecular flexibility index (Phi) is 7.58. The number of benzene rings is 1. The Bertz CT molecular complexity index is 732. The van der Waals surface area contributed by atoms with E-state index in [-0.39, 0.29) is 0 Å². The van der Waals surface area contributed by atoms with E-state index in [0.29, 0.717) is 35.9 Å². The molecule has 1 aliphatic carbocycles. The first-order chi connectivity index (χ1) is 13.1. The van der Waals surface area contributed by atoms with Crippen molar-refractivity contribution in [2.24, 2.45) is 5.92 Å². The molecule has 1 atom stereocenters. The normalized spacial score (nSPS) is 16.3. The van der Waals surface area contributed by atoms with Gasteiger partial charge in [-0.25, -0.2) is 0 Å². The van der Waals surface area contributed by atoms with Crippen molar-refractivity contribution >= 4 is 23.4 Å². The molecule has 0 saturated heterocycles. The standard InChI is InChI=1S/C20H28ClN3O2S/c1-14(2)11-26-12-16(25)13-27-20-23-22-19(17-9-5-6-10-18(17)21)24(20)15-7-3-4-8-15/h5-6,9-10,14-16,25H,3-4,7-8,11-13H2,1-2H3. The van der Waals surface area contributed by atoms with E-state index in [0.717, 1.165) is 29.4 Å². The van der Waals surface area contributed by atoms with Gasteiger partial charge in [-0.05, 0) is 30.9 Å². The van der Waals surface area contributed by atoms with E-state index in [1.165, 1.54) is 24.6 Å². The van der Waals surface area contributed by atoms with Crippen LogP contribution in [0.15, 0.2) is 29.4 Å². The molecule has 0 bridgehead atoms. The third-order valence-corrected chi connectivity index (χ3v) is 6.05. The Morgan fingerprint density at radius 1 is 1.22 bits per heavy atom. The minimum atomic E-state index is -0.522. The molecule has 1 aliphatic rings. The lowest BCUT2D eigenvalue weighted by Gasteiger charge is -2.18. The lowest BCUT2D eigenvalue weighted by molar-refractivity contribution is 0.0364. The van der Waals surface area contributed by atoms with E-state index < -0.39 is 6.10 Å². The summed E-state index contributed by atoms with van der Waals surface area (Å²) in [4.78, 5) is 0. The van der Waals surface area contributed by atoms with Gasteiger partial charge < -0.3 is 9.84 Å². The van der Waals surface area contributed by atoms with Crippen LogP contribution in [0.3, 0.4) is 0 Å². The molecule has 0 spiro atoms. The van der Waals surface area contributed by atoms with Crippen molar-refractivity contribution < 1.29 is 9.84 Å². The molecular formula is C20H28ClN3O2S. The molecule has 0 amide bonds. The number of aliphatic hydroxyl groups excluding tert-OH is 1. The number of thioether (sulfide) groups is 1. The number of halogens is 1. The molecule has 1 heterocycles. The highest BCUT2D eigenvalue weighted by Gasteiger charge is 2.26. The van der Waals surface area contributed by atoms with Crippen LogP contribution in [0.2, 0.25) is 5.02 Å². The highest BCUT2D eigenvalue weighted by molar-refractivity contribution is 7.99. The van der Waals surface area contributed by atoms with Crippen molar-refractivity contribution in [2.45, 2.75) is 56.8 Å². The number of hydrogen-bond acceptors (Lipinski definition) is 5. The minimum Gasteiger partial charge on any atom is -0.390 e.